The molecule has 0 radical (unpaired) electrons. The summed E-state index contributed by atoms with van der Waals surface area (Å²) in [5.41, 5.74) is 3.29. The molecule has 19 heavy (non-hydrogen) atoms. The van der Waals surface area contributed by atoms with Crippen LogP contribution in [0.15, 0.2) is 18.2 Å². The molecule has 2 heteroatoms. The maximum atomic E-state index is 5.71. The van der Waals surface area contributed by atoms with Crippen LogP contribution in [0.25, 0.3) is 0 Å². The van der Waals surface area contributed by atoms with Gasteiger partial charge < -0.3 is 4.74 Å². The van der Waals surface area contributed by atoms with Crippen molar-refractivity contribution in [1.82, 2.24) is 0 Å². The summed E-state index contributed by atoms with van der Waals surface area (Å²) in [6.45, 7) is 5.71. The molecule has 1 aliphatic heterocycles. The molecule has 0 aromatic heterocycles. The van der Waals surface area contributed by atoms with Gasteiger partial charge in [-0.05, 0) is 54.2 Å². The molecule has 1 saturated carbocycles. The molecule has 2 aliphatic rings. The van der Waals surface area contributed by atoms with E-state index in [4.69, 9.17) is 4.74 Å². The number of hydrogen-bond acceptors (Lipinski definition) is 1. The van der Waals surface area contributed by atoms with Crippen molar-refractivity contribution in [2.24, 2.45) is 11.3 Å². The van der Waals surface area contributed by atoms with E-state index in [-0.39, 0.29) is 0 Å². The predicted octanol–water partition coefficient (Wildman–Crippen LogP) is 5.27. The Kier molecular flexibility index (Phi) is 3.63. The lowest BCUT2D eigenvalue weighted by atomic mass is 9.78. The van der Waals surface area contributed by atoms with Crippen molar-refractivity contribution in [3.8, 4) is 5.75 Å². The summed E-state index contributed by atoms with van der Waals surface area (Å²) in [4.78, 5) is 0.484. The molecule has 1 aromatic carbocycles. The molecule has 0 N–H and O–H groups in total. The lowest BCUT2D eigenvalue weighted by Crippen LogP contribution is -2.21. The SMILES string of the molecule is CC1(C)CCCC1C(Br)c1ccc2c(c1)CCCO2. The van der Waals surface area contributed by atoms with Gasteiger partial charge in [0.15, 0.2) is 0 Å². The quantitative estimate of drug-likeness (QED) is 0.673. The second kappa shape index (κ2) is 5.12. The number of hydrogen-bond donors (Lipinski definition) is 0. The number of fused-ring (bicyclic) bond motifs is 1. The average Bonchev–Trinajstić information content (AvgIpc) is 2.77. The molecule has 1 heterocycles. The van der Waals surface area contributed by atoms with Crippen LogP contribution in [0.5, 0.6) is 5.75 Å². The minimum Gasteiger partial charge on any atom is -0.493 e. The Balaban J connectivity index is 1.85. The zero-order chi connectivity index (χ0) is 13.5. The molecule has 0 bridgehead atoms. The fourth-order valence-corrected chi connectivity index (χ4v) is 4.95. The third-order valence-corrected chi connectivity index (χ3v) is 6.11. The van der Waals surface area contributed by atoms with Gasteiger partial charge in [-0.2, -0.15) is 0 Å². The van der Waals surface area contributed by atoms with Crippen LogP contribution in [-0.2, 0) is 6.42 Å². The van der Waals surface area contributed by atoms with Crippen molar-refractivity contribution in [2.75, 3.05) is 6.61 Å². The van der Waals surface area contributed by atoms with Gasteiger partial charge in [0.05, 0.1) is 6.61 Å². The van der Waals surface area contributed by atoms with Gasteiger partial charge in [0, 0.05) is 4.83 Å². The summed E-state index contributed by atoms with van der Waals surface area (Å²) in [7, 11) is 0. The number of halogens is 1. The van der Waals surface area contributed by atoms with Gasteiger partial charge in [-0.1, -0.05) is 48.3 Å². The second-order valence-corrected chi connectivity index (χ2v) is 7.69. The lowest BCUT2D eigenvalue weighted by Gasteiger charge is -2.32. The van der Waals surface area contributed by atoms with Crippen molar-refractivity contribution in [3.63, 3.8) is 0 Å². The first-order chi connectivity index (χ1) is 9.08. The molecule has 1 fully saturated rings. The van der Waals surface area contributed by atoms with Crippen LogP contribution in [0.1, 0.15) is 55.5 Å². The molecular weight excluding hydrogens is 300 g/mol. The first-order valence-corrected chi connectivity index (χ1v) is 8.39. The third kappa shape index (κ3) is 2.56. The lowest BCUT2D eigenvalue weighted by molar-refractivity contribution is 0.256. The maximum Gasteiger partial charge on any atom is 0.122 e. The first kappa shape index (κ1) is 13.5. The smallest absolute Gasteiger partial charge is 0.122 e. The number of aryl methyl sites for hydroxylation is 1. The Bertz CT molecular complexity index is 466. The van der Waals surface area contributed by atoms with E-state index >= 15 is 0 Å². The Hall–Kier alpha value is -0.500. The van der Waals surface area contributed by atoms with E-state index in [1.54, 1.807) is 0 Å². The van der Waals surface area contributed by atoms with Crippen molar-refractivity contribution in [3.05, 3.63) is 29.3 Å². The molecule has 1 nitrogen and oxygen atoms in total. The zero-order valence-corrected chi connectivity index (χ0v) is 13.5. The van der Waals surface area contributed by atoms with Crippen molar-refractivity contribution in [1.29, 1.82) is 0 Å². The Labute approximate surface area is 124 Å². The van der Waals surface area contributed by atoms with Gasteiger partial charge in [0.1, 0.15) is 5.75 Å². The van der Waals surface area contributed by atoms with Crippen LogP contribution < -0.4 is 4.74 Å². The van der Waals surface area contributed by atoms with E-state index in [1.807, 2.05) is 0 Å². The molecule has 1 aromatic rings. The molecule has 104 valence electrons. The fraction of sp³-hybridized carbons (Fsp3) is 0.647. The monoisotopic (exact) mass is 322 g/mol. The maximum absolute atomic E-state index is 5.71. The highest BCUT2D eigenvalue weighted by molar-refractivity contribution is 9.09. The highest BCUT2D eigenvalue weighted by Gasteiger charge is 2.39. The predicted molar refractivity (Wildman–Crippen MR) is 83.0 cm³/mol. The second-order valence-electron chi connectivity index (χ2n) is 6.71. The van der Waals surface area contributed by atoms with E-state index in [1.165, 1.54) is 30.4 Å². The van der Waals surface area contributed by atoms with Gasteiger partial charge in [-0.25, -0.2) is 0 Å². The molecule has 0 saturated heterocycles. The Morgan fingerprint density at radius 2 is 2.16 bits per heavy atom. The topological polar surface area (TPSA) is 9.23 Å². The van der Waals surface area contributed by atoms with Gasteiger partial charge in [-0.3, -0.25) is 0 Å². The van der Waals surface area contributed by atoms with E-state index in [0.29, 0.717) is 10.2 Å². The Morgan fingerprint density at radius 3 is 2.89 bits per heavy atom. The summed E-state index contributed by atoms with van der Waals surface area (Å²) in [5, 5.41) is 0. The third-order valence-electron chi connectivity index (χ3n) is 4.94. The summed E-state index contributed by atoms with van der Waals surface area (Å²) < 4.78 is 5.71. The molecule has 1 aliphatic carbocycles. The Morgan fingerprint density at radius 1 is 1.32 bits per heavy atom. The van der Waals surface area contributed by atoms with Gasteiger partial charge >= 0.3 is 0 Å². The van der Waals surface area contributed by atoms with Crippen LogP contribution in [0.2, 0.25) is 0 Å². The average molecular weight is 323 g/mol. The van der Waals surface area contributed by atoms with Gasteiger partial charge in [-0.15, -0.1) is 0 Å². The van der Waals surface area contributed by atoms with Crippen molar-refractivity contribution >= 4 is 15.9 Å². The van der Waals surface area contributed by atoms with E-state index < -0.39 is 0 Å². The van der Waals surface area contributed by atoms with Crippen LogP contribution in [0.4, 0.5) is 0 Å². The molecule has 2 unspecified atom stereocenters. The largest absolute Gasteiger partial charge is 0.493 e. The molecular formula is C17H23BrO. The fourth-order valence-electron chi connectivity index (χ4n) is 3.68. The number of rotatable bonds is 2. The van der Waals surface area contributed by atoms with Gasteiger partial charge in [0.2, 0.25) is 0 Å². The van der Waals surface area contributed by atoms with Crippen molar-refractivity contribution < 1.29 is 4.74 Å². The van der Waals surface area contributed by atoms with Crippen molar-refractivity contribution in [2.45, 2.75) is 50.8 Å². The van der Waals surface area contributed by atoms with Gasteiger partial charge in [0.25, 0.3) is 0 Å². The summed E-state index contributed by atoms with van der Waals surface area (Å²) in [5.74, 6) is 1.84. The molecule has 3 rings (SSSR count). The summed E-state index contributed by atoms with van der Waals surface area (Å²) in [6, 6.07) is 6.78. The molecule has 2 atom stereocenters. The summed E-state index contributed by atoms with van der Waals surface area (Å²) >= 11 is 3.98. The zero-order valence-electron chi connectivity index (χ0n) is 11.9. The van der Waals surface area contributed by atoms with E-state index in [9.17, 15) is 0 Å². The number of benzene rings is 1. The minimum absolute atomic E-state index is 0.459. The molecule has 0 spiro atoms. The highest BCUT2D eigenvalue weighted by Crippen LogP contribution is 2.52. The highest BCUT2D eigenvalue weighted by atomic mass is 79.9. The van der Waals surface area contributed by atoms with E-state index in [0.717, 1.165) is 31.1 Å². The van der Waals surface area contributed by atoms with E-state index in [2.05, 4.69) is 48.0 Å². The number of alkyl halides is 1. The number of ether oxygens (including phenoxy) is 1. The van der Waals surface area contributed by atoms with Crippen LogP contribution in [-0.4, -0.2) is 6.61 Å². The van der Waals surface area contributed by atoms with Crippen LogP contribution in [0.3, 0.4) is 0 Å². The van der Waals surface area contributed by atoms with Crippen LogP contribution >= 0.6 is 15.9 Å². The minimum atomic E-state index is 0.459. The summed E-state index contributed by atoms with van der Waals surface area (Å²) in [6.07, 6.45) is 6.38. The van der Waals surface area contributed by atoms with Crippen LogP contribution in [0, 0.1) is 11.3 Å². The molecule has 0 amide bonds. The standard InChI is InChI=1S/C17H23BrO/c1-17(2)9-3-6-14(17)16(18)13-7-8-15-12(11-13)5-4-10-19-15/h7-8,11,14,16H,3-6,9-10H2,1-2H3. The normalized spacial score (nSPS) is 26.6. The first-order valence-electron chi connectivity index (χ1n) is 7.48.